The molecule has 0 unspecified atom stereocenters. The van der Waals surface area contributed by atoms with E-state index in [0.29, 0.717) is 0 Å². The monoisotopic (exact) mass is 219 g/mol. The third-order valence-corrected chi connectivity index (χ3v) is 2.53. The number of hydrogen-bond donors (Lipinski definition) is 2. The summed E-state index contributed by atoms with van der Waals surface area (Å²) < 4.78 is 1.91. The smallest absolute Gasteiger partial charge is 0.0726 e. The van der Waals surface area contributed by atoms with Gasteiger partial charge in [0.2, 0.25) is 0 Å². The van der Waals surface area contributed by atoms with Gasteiger partial charge in [-0.2, -0.15) is 10.2 Å². The molecule has 0 saturated carbocycles. The second-order valence-corrected chi connectivity index (χ2v) is 3.64. The second-order valence-electron chi connectivity index (χ2n) is 3.64. The highest BCUT2D eigenvalue weighted by Crippen LogP contribution is 2.20. The predicted octanol–water partition coefficient (Wildman–Crippen LogP) is 1.40. The Morgan fingerprint density at radius 1 is 1.38 bits per heavy atom. The zero-order chi connectivity index (χ0) is 11.4. The molecule has 0 saturated heterocycles. The van der Waals surface area contributed by atoms with Gasteiger partial charge >= 0.3 is 0 Å². The Kier molecular flexibility index (Phi) is 3.36. The average Bonchev–Trinajstić information content (AvgIpc) is 2.94. The minimum atomic E-state index is 0.833. The van der Waals surface area contributed by atoms with Gasteiger partial charge in [0.05, 0.1) is 18.1 Å². The topological polar surface area (TPSA) is 58.5 Å². The van der Waals surface area contributed by atoms with Crippen molar-refractivity contribution in [2.45, 2.75) is 26.9 Å². The molecule has 2 aromatic heterocycles. The number of aromatic amines is 1. The van der Waals surface area contributed by atoms with Gasteiger partial charge in [-0.25, -0.2) is 0 Å². The zero-order valence-electron chi connectivity index (χ0n) is 9.70. The zero-order valence-corrected chi connectivity index (χ0v) is 9.70. The van der Waals surface area contributed by atoms with Crippen LogP contribution in [0.3, 0.4) is 0 Å². The van der Waals surface area contributed by atoms with E-state index in [-0.39, 0.29) is 0 Å². The maximum Gasteiger partial charge on any atom is 0.0726 e. The fraction of sp³-hybridized carbons (Fsp3) is 0.455. The molecule has 0 aliphatic heterocycles. The minimum Gasteiger partial charge on any atom is -0.313 e. The number of aromatic nitrogens is 4. The first-order valence-corrected chi connectivity index (χ1v) is 5.61. The summed E-state index contributed by atoms with van der Waals surface area (Å²) >= 11 is 0. The van der Waals surface area contributed by atoms with Crippen LogP contribution in [0.4, 0.5) is 0 Å². The lowest BCUT2D eigenvalue weighted by molar-refractivity contribution is 0.660. The molecule has 2 rings (SSSR count). The van der Waals surface area contributed by atoms with Gasteiger partial charge in [0.15, 0.2) is 0 Å². The molecule has 0 aliphatic rings. The van der Waals surface area contributed by atoms with E-state index in [2.05, 4.69) is 34.5 Å². The largest absolute Gasteiger partial charge is 0.313 e. The molecule has 0 bridgehead atoms. The standard InChI is InChI=1S/C11H17N5/c1-3-12-5-9-6-13-15-11(9)10-7-14-16(4-2)8-10/h6-8,12H,3-5H2,1-2H3,(H,13,15). The number of aryl methyl sites for hydroxylation is 1. The van der Waals surface area contributed by atoms with Gasteiger partial charge in [0.1, 0.15) is 0 Å². The molecule has 5 heteroatoms. The van der Waals surface area contributed by atoms with Gasteiger partial charge in [-0.05, 0) is 13.5 Å². The summed E-state index contributed by atoms with van der Waals surface area (Å²) in [4.78, 5) is 0. The summed E-state index contributed by atoms with van der Waals surface area (Å²) in [6.45, 7) is 6.84. The highest BCUT2D eigenvalue weighted by Gasteiger charge is 2.08. The molecule has 0 aromatic carbocycles. The number of nitrogens with zero attached hydrogens (tertiary/aromatic N) is 3. The average molecular weight is 219 g/mol. The van der Waals surface area contributed by atoms with E-state index in [1.807, 2.05) is 23.3 Å². The molecule has 16 heavy (non-hydrogen) atoms. The Balaban J connectivity index is 2.22. The van der Waals surface area contributed by atoms with E-state index in [4.69, 9.17) is 0 Å². The van der Waals surface area contributed by atoms with E-state index in [1.54, 1.807) is 0 Å². The summed E-state index contributed by atoms with van der Waals surface area (Å²) in [5.41, 5.74) is 3.32. The molecular formula is C11H17N5. The number of nitrogens with one attached hydrogen (secondary N) is 2. The summed E-state index contributed by atoms with van der Waals surface area (Å²) in [5, 5.41) is 14.7. The highest BCUT2D eigenvalue weighted by atomic mass is 15.3. The van der Waals surface area contributed by atoms with Gasteiger partial charge < -0.3 is 5.32 Å². The van der Waals surface area contributed by atoms with Crippen molar-refractivity contribution in [3.8, 4) is 11.3 Å². The molecule has 2 heterocycles. The van der Waals surface area contributed by atoms with Crippen LogP contribution in [0.5, 0.6) is 0 Å². The summed E-state index contributed by atoms with van der Waals surface area (Å²) in [7, 11) is 0. The first-order valence-electron chi connectivity index (χ1n) is 5.61. The molecule has 5 nitrogen and oxygen atoms in total. The van der Waals surface area contributed by atoms with E-state index in [9.17, 15) is 0 Å². The fourth-order valence-corrected chi connectivity index (χ4v) is 1.62. The van der Waals surface area contributed by atoms with Crippen LogP contribution in [0.15, 0.2) is 18.6 Å². The van der Waals surface area contributed by atoms with Crippen LogP contribution in [0.1, 0.15) is 19.4 Å². The summed E-state index contributed by atoms with van der Waals surface area (Å²) in [6.07, 6.45) is 5.76. The van der Waals surface area contributed by atoms with E-state index in [1.165, 1.54) is 5.56 Å². The Hall–Kier alpha value is -1.62. The van der Waals surface area contributed by atoms with E-state index in [0.717, 1.165) is 30.9 Å². The van der Waals surface area contributed by atoms with Crippen molar-refractivity contribution in [3.05, 3.63) is 24.2 Å². The molecule has 0 aliphatic carbocycles. The first-order chi connectivity index (χ1) is 7.85. The summed E-state index contributed by atoms with van der Waals surface area (Å²) in [5.74, 6) is 0. The minimum absolute atomic E-state index is 0.833. The second kappa shape index (κ2) is 4.94. The molecular weight excluding hydrogens is 202 g/mol. The number of H-pyrrole nitrogens is 1. The maximum atomic E-state index is 4.26. The Bertz CT molecular complexity index is 443. The molecule has 86 valence electrons. The fourth-order valence-electron chi connectivity index (χ4n) is 1.62. The van der Waals surface area contributed by atoms with Crippen LogP contribution in [0, 0.1) is 0 Å². The number of rotatable bonds is 5. The van der Waals surface area contributed by atoms with Crippen molar-refractivity contribution >= 4 is 0 Å². The number of hydrogen-bond acceptors (Lipinski definition) is 3. The van der Waals surface area contributed by atoms with Crippen molar-refractivity contribution in [1.29, 1.82) is 0 Å². The van der Waals surface area contributed by atoms with Crippen LogP contribution in [0.2, 0.25) is 0 Å². The maximum absolute atomic E-state index is 4.26. The highest BCUT2D eigenvalue weighted by molar-refractivity contribution is 5.60. The van der Waals surface area contributed by atoms with Crippen molar-refractivity contribution < 1.29 is 0 Å². The summed E-state index contributed by atoms with van der Waals surface area (Å²) in [6, 6.07) is 0. The van der Waals surface area contributed by atoms with Gasteiger partial charge in [0, 0.05) is 30.4 Å². The van der Waals surface area contributed by atoms with Crippen LogP contribution in [0.25, 0.3) is 11.3 Å². The van der Waals surface area contributed by atoms with E-state index >= 15 is 0 Å². The molecule has 0 atom stereocenters. The Morgan fingerprint density at radius 3 is 2.94 bits per heavy atom. The normalized spacial score (nSPS) is 10.9. The molecule has 0 fully saturated rings. The molecule has 0 radical (unpaired) electrons. The lowest BCUT2D eigenvalue weighted by atomic mass is 10.1. The van der Waals surface area contributed by atoms with E-state index < -0.39 is 0 Å². The van der Waals surface area contributed by atoms with Gasteiger partial charge in [-0.15, -0.1) is 0 Å². The predicted molar refractivity (Wildman–Crippen MR) is 62.9 cm³/mol. The van der Waals surface area contributed by atoms with Crippen LogP contribution in [-0.4, -0.2) is 26.5 Å². The molecule has 0 spiro atoms. The van der Waals surface area contributed by atoms with Crippen LogP contribution >= 0.6 is 0 Å². The van der Waals surface area contributed by atoms with Gasteiger partial charge in [-0.1, -0.05) is 6.92 Å². The van der Waals surface area contributed by atoms with Gasteiger partial charge in [0.25, 0.3) is 0 Å². The van der Waals surface area contributed by atoms with Crippen molar-refractivity contribution in [1.82, 2.24) is 25.3 Å². The van der Waals surface area contributed by atoms with Crippen molar-refractivity contribution in [2.75, 3.05) is 6.54 Å². The first kappa shape index (κ1) is 10.9. The van der Waals surface area contributed by atoms with Gasteiger partial charge in [-0.3, -0.25) is 9.78 Å². The lowest BCUT2D eigenvalue weighted by Gasteiger charge is -2.01. The molecule has 0 amide bonds. The molecule has 2 aromatic rings. The Morgan fingerprint density at radius 2 is 2.25 bits per heavy atom. The quantitative estimate of drug-likeness (QED) is 0.799. The van der Waals surface area contributed by atoms with Crippen LogP contribution in [-0.2, 0) is 13.1 Å². The third-order valence-electron chi connectivity index (χ3n) is 2.53. The third kappa shape index (κ3) is 2.14. The van der Waals surface area contributed by atoms with Crippen molar-refractivity contribution in [3.63, 3.8) is 0 Å². The lowest BCUT2D eigenvalue weighted by Crippen LogP contribution is -2.11. The van der Waals surface area contributed by atoms with Crippen LogP contribution < -0.4 is 5.32 Å². The molecule has 2 N–H and O–H groups in total. The SMILES string of the molecule is CCNCc1cn[nH]c1-c1cnn(CC)c1. The Labute approximate surface area is 94.9 Å². The van der Waals surface area contributed by atoms with Crippen molar-refractivity contribution in [2.24, 2.45) is 0 Å².